The number of likely N-dealkylation sites (N-methyl/N-ethyl adjacent to an activating group) is 1. The van der Waals surface area contributed by atoms with Crippen LogP contribution in [0, 0.1) is 0 Å². The highest BCUT2D eigenvalue weighted by molar-refractivity contribution is 5.61. The Labute approximate surface area is 159 Å². The maximum atomic E-state index is 4.63. The third-order valence-corrected chi connectivity index (χ3v) is 4.87. The summed E-state index contributed by atoms with van der Waals surface area (Å²) in [5.41, 5.74) is 4.21. The fourth-order valence-electron chi connectivity index (χ4n) is 3.24. The van der Waals surface area contributed by atoms with Crippen molar-refractivity contribution in [2.45, 2.75) is 6.54 Å². The molecule has 4 rings (SSSR count). The molecule has 2 aromatic heterocycles. The average molecular weight is 363 g/mol. The number of aromatic nitrogens is 4. The molecule has 0 saturated carbocycles. The first kappa shape index (κ1) is 17.6. The molecular formula is C20H25N7. The number of piperazine rings is 1. The van der Waals surface area contributed by atoms with E-state index in [1.807, 2.05) is 19.3 Å². The van der Waals surface area contributed by atoms with Crippen molar-refractivity contribution in [2.24, 2.45) is 7.05 Å². The Kier molecular flexibility index (Phi) is 5.13. The van der Waals surface area contributed by atoms with Crippen LogP contribution in [0.25, 0.3) is 11.3 Å². The predicted molar refractivity (Wildman–Crippen MR) is 107 cm³/mol. The van der Waals surface area contributed by atoms with Crippen LogP contribution in [0.3, 0.4) is 0 Å². The van der Waals surface area contributed by atoms with Gasteiger partial charge in [-0.15, -0.1) is 0 Å². The van der Waals surface area contributed by atoms with Crippen LogP contribution in [-0.4, -0.2) is 62.8 Å². The molecule has 1 N–H and O–H groups in total. The van der Waals surface area contributed by atoms with Crippen LogP contribution < -0.4 is 5.32 Å². The molecule has 1 aliphatic heterocycles. The van der Waals surface area contributed by atoms with Gasteiger partial charge in [0.15, 0.2) is 0 Å². The van der Waals surface area contributed by atoms with Gasteiger partial charge >= 0.3 is 0 Å². The number of rotatable bonds is 5. The van der Waals surface area contributed by atoms with Gasteiger partial charge < -0.3 is 10.2 Å². The number of hydrogen-bond donors (Lipinski definition) is 1. The van der Waals surface area contributed by atoms with Crippen LogP contribution in [0.15, 0.2) is 48.9 Å². The van der Waals surface area contributed by atoms with E-state index in [4.69, 9.17) is 0 Å². The number of aryl methyl sites for hydroxylation is 1. The van der Waals surface area contributed by atoms with Crippen LogP contribution in [0.4, 0.5) is 11.6 Å². The molecular weight excluding hydrogens is 338 g/mol. The van der Waals surface area contributed by atoms with Crippen molar-refractivity contribution in [1.29, 1.82) is 0 Å². The molecule has 7 heteroatoms. The lowest BCUT2D eigenvalue weighted by Gasteiger charge is -2.32. The topological polar surface area (TPSA) is 62.1 Å². The van der Waals surface area contributed by atoms with Gasteiger partial charge in [0.2, 0.25) is 5.95 Å². The van der Waals surface area contributed by atoms with Gasteiger partial charge in [0, 0.05) is 57.7 Å². The number of anilines is 2. The van der Waals surface area contributed by atoms with E-state index in [1.54, 1.807) is 17.1 Å². The highest BCUT2D eigenvalue weighted by Crippen LogP contribution is 2.20. The zero-order valence-corrected chi connectivity index (χ0v) is 15.8. The summed E-state index contributed by atoms with van der Waals surface area (Å²) in [5.74, 6) is 0.571. The normalized spacial score (nSPS) is 15.8. The summed E-state index contributed by atoms with van der Waals surface area (Å²) in [4.78, 5) is 13.8. The summed E-state index contributed by atoms with van der Waals surface area (Å²) in [6, 6.07) is 10.6. The highest BCUT2D eigenvalue weighted by atomic mass is 15.3. The van der Waals surface area contributed by atoms with Crippen LogP contribution >= 0.6 is 0 Å². The summed E-state index contributed by atoms with van der Waals surface area (Å²) in [6.07, 6.45) is 5.42. The second-order valence-electron chi connectivity index (χ2n) is 7.07. The van der Waals surface area contributed by atoms with Crippen LogP contribution in [0.5, 0.6) is 0 Å². The molecule has 1 aliphatic rings. The number of nitrogens with zero attached hydrogens (tertiary/aromatic N) is 6. The summed E-state index contributed by atoms with van der Waals surface area (Å²) >= 11 is 0. The first-order chi connectivity index (χ1) is 13.2. The smallest absolute Gasteiger partial charge is 0.227 e. The monoisotopic (exact) mass is 363 g/mol. The molecule has 3 aromatic rings. The molecule has 0 aliphatic carbocycles. The Morgan fingerprint density at radius 1 is 1.00 bits per heavy atom. The van der Waals surface area contributed by atoms with Gasteiger partial charge in [-0.1, -0.05) is 24.3 Å². The predicted octanol–water partition coefficient (Wildman–Crippen LogP) is 2.37. The van der Waals surface area contributed by atoms with Gasteiger partial charge in [0.1, 0.15) is 0 Å². The summed E-state index contributed by atoms with van der Waals surface area (Å²) in [5, 5.41) is 7.33. The van der Waals surface area contributed by atoms with E-state index >= 15 is 0 Å². The Morgan fingerprint density at radius 3 is 2.48 bits per heavy atom. The van der Waals surface area contributed by atoms with E-state index in [0.717, 1.165) is 49.7 Å². The van der Waals surface area contributed by atoms with Crippen molar-refractivity contribution < 1.29 is 0 Å². The SMILES string of the molecule is CN1CCN(Cc2ccc(-c3ccnc(Nc4cnn(C)c4)n3)cc2)CC1. The van der Waals surface area contributed by atoms with Crippen molar-refractivity contribution in [3.63, 3.8) is 0 Å². The molecule has 7 nitrogen and oxygen atoms in total. The van der Waals surface area contributed by atoms with E-state index in [9.17, 15) is 0 Å². The molecule has 140 valence electrons. The third kappa shape index (κ3) is 4.50. The molecule has 1 fully saturated rings. The van der Waals surface area contributed by atoms with E-state index in [2.05, 4.69) is 61.5 Å². The number of benzene rings is 1. The Hall–Kier alpha value is -2.77. The van der Waals surface area contributed by atoms with Crippen LogP contribution in [0.1, 0.15) is 5.56 Å². The lowest BCUT2D eigenvalue weighted by Crippen LogP contribution is -2.43. The van der Waals surface area contributed by atoms with Gasteiger partial charge in [0.05, 0.1) is 17.6 Å². The molecule has 0 bridgehead atoms. The zero-order chi connectivity index (χ0) is 18.6. The highest BCUT2D eigenvalue weighted by Gasteiger charge is 2.13. The van der Waals surface area contributed by atoms with Crippen molar-refractivity contribution in [1.82, 2.24) is 29.5 Å². The summed E-state index contributed by atoms with van der Waals surface area (Å²) in [6.45, 7) is 5.56. The van der Waals surface area contributed by atoms with Gasteiger partial charge in [-0.25, -0.2) is 9.97 Å². The van der Waals surface area contributed by atoms with E-state index < -0.39 is 0 Å². The Morgan fingerprint density at radius 2 is 1.78 bits per heavy atom. The lowest BCUT2D eigenvalue weighted by atomic mass is 10.1. The average Bonchev–Trinajstić information content (AvgIpc) is 3.09. The molecule has 27 heavy (non-hydrogen) atoms. The minimum atomic E-state index is 0.571. The van der Waals surface area contributed by atoms with Crippen molar-refractivity contribution >= 4 is 11.6 Å². The van der Waals surface area contributed by atoms with Crippen molar-refractivity contribution in [3.8, 4) is 11.3 Å². The van der Waals surface area contributed by atoms with Crippen molar-refractivity contribution in [3.05, 3.63) is 54.5 Å². The fraction of sp³-hybridized carbons (Fsp3) is 0.350. The minimum absolute atomic E-state index is 0.571. The first-order valence-electron chi connectivity index (χ1n) is 9.25. The first-order valence-corrected chi connectivity index (χ1v) is 9.25. The summed E-state index contributed by atoms with van der Waals surface area (Å²) < 4.78 is 1.74. The molecule has 3 heterocycles. The van der Waals surface area contributed by atoms with Crippen LogP contribution in [0.2, 0.25) is 0 Å². The van der Waals surface area contributed by atoms with E-state index in [1.165, 1.54) is 5.56 Å². The maximum Gasteiger partial charge on any atom is 0.227 e. The number of nitrogens with one attached hydrogen (secondary N) is 1. The van der Waals surface area contributed by atoms with Gasteiger partial charge in [-0.3, -0.25) is 9.58 Å². The molecule has 1 saturated heterocycles. The summed E-state index contributed by atoms with van der Waals surface area (Å²) in [7, 11) is 4.07. The van der Waals surface area contributed by atoms with Crippen LogP contribution in [-0.2, 0) is 13.6 Å². The second-order valence-corrected chi connectivity index (χ2v) is 7.07. The second kappa shape index (κ2) is 7.85. The lowest BCUT2D eigenvalue weighted by molar-refractivity contribution is 0.148. The maximum absolute atomic E-state index is 4.63. The molecule has 0 spiro atoms. The standard InChI is InChI=1S/C20H25N7/c1-25-9-11-27(12-10-25)14-16-3-5-17(6-4-16)19-7-8-21-20(24-19)23-18-13-22-26(2)15-18/h3-8,13,15H,9-12,14H2,1-2H3,(H,21,23,24). The Bertz CT molecular complexity index is 879. The Balaban J connectivity index is 1.43. The third-order valence-electron chi connectivity index (χ3n) is 4.87. The molecule has 0 atom stereocenters. The quantitative estimate of drug-likeness (QED) is 0.751. The van der Waals surface area contributed by atoms with Gasteiger partial charge in [0.25, 0.3) is 0 Å². The largest absolute Gasteiger partial charge is 0.321 e. The van der Waals surface area contributed by atoms with Crippen molar-refractivity contribution in [2.75, 3.05) is 38.5 Å². The van der Waals surface area contributed by atoms with Gasteiger partial charge in [-0.05, 0) is 18.7 Å². The molecule has 0 amide bonds. The minimum Gasteiger partial charge on any atom is -0.321 e. The van der Waals surface area contributed by atoms with E-state index in [-0.39, 0.29) is 0 Å². The van der Waals surface area contributed by atoms with Gasteiger partial charge in [-0.2, -0.15) is 5.10 Å². The zero-order valence-electron chi connectivity index (χ0n) is 15.8. The molecule has 0 unspecified atom stereocenters. The fourth-order valence-corrected chi connectivity index (χ4v) is 3.24. The number of hydrogen-bond acceptors (Lipinski definition) is 6. The molecule has 1 aromatic carbocycles. The molecule has 0 radical (unpaired) electrons. The van der Waals surface area contributed by atoms with E-state index in [0.29, 0.717) is 5.95 Å².